The minimum absolute atomic E-state index is 0.117. The van der Waals surface area contributed by atoms with Crippen LogP contribution in [0.15, 0.2) is 192 Å². The van der Waals surface area contributed by atoms with Crippen molar-refractivity contribution in [1.82, 2.24) is 0 Å². The number of hydrogen-bond acceptors (Lipinski definition) is 8. The van der Waals surface area contributed by atoms with E-state index in [1.54, 1.807) is 52.0 Å². The molecule has 10 aromatic rings. The highest BCUT2D eigenvalue weighted by Gasteiger charge is 2.55. The molecule has 2 heterocycles. The maximum absolute atomic E-state index is 8.04. The van der Waals surface area contributed by atoms with E-state index in [2.05, 4.69) is 207 Å². The number of benzene rings is 10. The van der Waals surface area contributed by atoms with Gasteiger partial charge in [-0.3, -0.25) is 0 Å². The monoisotopic (exact) mass is 1340 g/mol. The van der Waals surface area contributed by atoms with E-state index in [-0.39, 0.29) is 10.8 Å². The Labute approximate surface area is 592 Å². The Kier molecular flexibility index (Phi) is 15.4. The van der Waals surface area contributed by atoms with Gasteiger partial charge in [0.25, 0.3) is 0 Å². The third-order valence-corrected chi connectivity index (χ3v) is 27.4. The lowest BCUT2D eigenvalue weighted by Gasteiger charge is -2.48. The quantitative estimate of drug-likeness (QED) is 0.112. The van der Waals surface area contributed by atoms with Crippen molar-refractivity contribution in [1.29, 1.82) is 0 Å². The Bertz CT molecular complexity index is 4590. The molecule has 6 aliphatic carbocycles. The predicted octanol–water partition coefficient (Wildman–Crippen LogP) is 23.3. The second kappa shape index (κ2) is 24.2. The van der Waals surface area contributed by atoms with E-state index >= 15 is 0 Å². The molecule has 0 amide bonds. The third kappa shape index (κ3) is 9.63. The molecule has 6 nitrogen and oxygen atoms in total. The molecule has 2 unspecified atom stereocenters. The molecule has 18 rings (SSSR count). The molecule has 0 aromatic heterocycles. The largest absolute Gasteiger partial charge is 0.497 e. The summed E-state index contributed by atoms with van der Waals surface area (Å²) >= 11 is 3.49. The lowest BCUT2D eigenvalue weighted by Crippen LogP contribution is -2.39. The van der Waals surface area contributed by atoms with Gasteiger partial charge in [-0.2, -0.15) is 0 Å². The van der Waals surface area contributed by atoms with Crippen molar-refractivity contribution in [2.75, 3.05) is 41.0 Å². The lowest BCUT2D eigenvalue weighted by atomic mass is 9.56. The number of ether oxygens (including phenoxy) is 6. The van der Waals surface area contributed by atoms with Crippen LogP contribution in [0, 0.1) is 10.8 Å². The van der Waals surface area contributed by atoms with Crippen LogP contribution in [0.5, 0.6) is 34.5 Å². The molecule has 2 aliphatic heterocycles. The zero-order chi connectivity index (χ0) is 66.9. The average molecular weight is 1340 g/mol. The van der Waals surface area contributed by atoms with Crippen LogP contribution in [0.2, 0.25) is 0 Å². The summed E-state index contributed by atoms with van der Waals surface area (Å²) in [5.74, 6) is 5.17. The highest BCUT2D eigenvalue weighted by molar-refractivity contribution is 7.99. The first-order valence-electron chi connectivity index (χ1n) is 36.5. The SMILES string of the molecule is COc1ccc(C2(c3ccc(Cc4ccc(C5(c6ccc(OC)cc6)C=Cc6c7c(c8cc(SC)c(OC)cc8c6O5)-c5ccccc5C75CCC6(CCCCC6)CC5)cc4)cc3)C=Cc3c4c(c5cc(SC)c(OC)cc5c3O2)-c2ccccc2C42CCC3(CCCCC3)CC2)cc1. The van der Waals surface area contributed by atoms with Gasteiger partial charge >= 0.3 is 0 Å². The molecule has 8 aliphatic rings. The van der Waals surface area contributed by atoms with Crippen LogP contribution in [-0.4, -0.2) is 41.0 Å². The molecule has 0 N–H and O–H groups in total. The van der Waals surface area contributed by atoms with E-state index in [0.29, 0.717) is 10.8 Å². The maximum Gasteiger partial charge on any atom is 0.178 e. The lowest BCUT2D eigenvalue weighted by molar-refractivity contribution is 0.0947. The van der Waals surface area contributed by atoms with Crippen LogP contribution < -0.4 is 28.4 Å². The molecule has 99 heavy (non-hydrogen) atoms. The topological polar surface area (TPSA) is 55.4 Å². The first-order chi connectivity index (χ1) is 48.5. The second-order valence-electron chi connectivity index (χ2n) is 30.2. The highest BCUT2D eigenvalue weighted by atomic mass is 32.2. The second-order valence-corrected chi connectivity index (χ2v) is 31.9. The minimum Gasteiger partial charge on any atom is -0.497 e. The van der Waals surface area contributed by atoms with Gasteiger partial charge in [0, 0.05) is 64.8 Å². The van der Waals surface area contributed by atoms with Crippen LogP contribution in [0.4, 0.5) is 0 Å². The molecule has 0 bridgehead atoms. The molecule has 0 saturated heterocycles. The van der Waals surface area contributed by atoms with Crippen molar-refractivity contribution < 1.29 is 28.4 Å². The molecule has 8 heteroatoms. The molecule has 2 atom stereocenters. The number of fused-ring (bicyclic) bond motifs is 20. The summed E-state index contributed by atoms with van der Waals surface area (Å²) < 4.78 is 40.2. The van der Waals surface area contributed by atoms with Crippen molar-refractivity contribution in [3.63, 3.8) is 0 Å². The van der Waals surface area contributed by atoms with Gasteiger partial charge in [-0.25, -0.2) is 0 Å². The minimum atomic E-state index is -0.974. The zero-order valence-electron chi connectivity index (χ0n) is 58.2. The zero-order valence-corrected chi connectivity index (χ0v) is 59.8. The third-order valence-electron chi connectivity index (χ3n) is 25.8. The van der Waals surface area contributed by atoms with Crippen molar-refractivity contribution in [2.24, 2.45) is 10.8 Å². The van der Waals surface area contributed by atoms with Crippen molar-refractivity contribution >= 4 is 57.2 Å². The van der Waals surface area contributed by atoms with E-state index in [1.165, 1.54) is 167 Å². The fourth-order valence-corrected chi connectivity index (χ4v) is 21.8. The Hall–Kier alpha value is -8.30. The molecule has 4 spiro atoms. The van der Waals surface area contributed by atoms with Crippen molar-refractivity contribution in [3.05, 3.63) is 249 Å². The van der Waals surface area contributed by atoms with Crippen molar-refractivity contribution in [3.8, 4) is 56.8 Å². The number of rotatable bonds is 12. The van der Waals surface area contributed by atoms with Gasteiger partial charge in [0.2, 0.25) is 0 Å². The van der Waals surface area contributed by atoms with Crippen LogP contribution in [0.1, 0.15) is 182 Å². The molecule has 10 aromatic carbocycles. The van der Waals surface area contributed by atoms with Gasteiger partial charge in [-0.15, -0.1) is 23.5 Å². The van der Waals surface area contributed by atoms with Crippen LogP contribution in [-0.2, 0) is 28.5 Å². The summed E-state index contributed by atoms with van der Waals surface area (Å²) in [4.78, 5) is 2.26. The fourth-order valence-electron chi connectivity index (χ4n) is 20.7. The summed E-state index contributed by atoms with van der Waals surface area (Å²) in [6.45, 7) is 0. The Morgan fingerprint density at radius 3 is 1.09 bits per heavy atom. The number of hydrogen-bond donors (Lipinski definition) is 0. The first-order valence-corrected chi connectivity index (χ1v) is 39.0. The standard InChI is InChI=1S/C91H88O6S2/c1-92-64-33-29-62(30-34-64)90(43-37-68-82-80(70-56-78(98-5)76(94-3)54-72(70)84(68)96-90)66-17-9-11-19-74(66)88(82)49-45-86(46-50-88)39-13-7-14-40-86)60-25-21-58(22-26-60)53-59-23-27-61(28-24-59)91(63-31-35-65(93-2)36-32-63)44-38-69-83-81(71-57-79(99-6)77(95-4)55-73(71)85(69)97-91)67-18-10-12-20-75(67)89(83)51-47-87(48-52-89)41-15-8-16-42-87/h9-12,17-38,43-44,54-57H,7-8,13-16,39-42,45-53H2,1-6H3. The Morgan fingerprint density at radius 1 is 0.374 bits per heavy atom. The van der Waals surface area contributed by atoms with E-state index in [0.717, 1.165) is 109 Å². The average Bonchev–Trinajstić information content (AvgIpc) is 1.56. The van der Waals surface area contributed by atoms with Gasteiger partial charge in [0.1, 0.15) is 34.5 Å². The summed E-state index contributed by atoms with van der Waals surface area (Å²) in [6, 6.07) is 63.5. The fraction of sp³-hybridized carbons (Fsp3) is 0.341. The normalized spacial score (nSPS) is 21.3. The van der Waals surface area contributed by atoms with Crippen LogP contribution in [0.25, 0.3) is 56.0 Å². The van der Waals surface area contributed by atoms with E-state index < -0.39 is 11.2 Å². The summed E-state index contributed by atoms with van der Waals surface area (Å²) in [5, 5.41) is 4.62. The highest BCUT2D eigenvalue weighted by Crippen LogP contribution is 2.68. The predicted molar refractivity (Wildman–Crippen MR) is 408 cm³/mol. The maximum atomic E-state index is 8.04. The molecule has 4 saturated carbocycles. The molecule has 0 radical (unpaired) electrons. The number of thioether (sulfide) groups is 2. The summed E-state index contributed by atoms with van der Waals surface area (Å²) in [6.07, 6.45) is 38.0. The van der Waals surface area contributed by atoms with Gasteiger partial charge < -0.3 is 28.4 Å². The van der Waals surface area contributed by atoms with Crippen molar-refractivity contribution in [2.45, 2.75) is 154 Å². The van der Waals surface area contributed by atoms with E-state index in [4.69, 9.17) is 28.4 Å². The summed E-state index contributed by atoms with van der Waals surface area (Å²) in [7, 11) is 7.07. The Morgan fingerprint density at radius 2 is 0.737 bits per heavy atom. The van der Waals surface area contributed by atoms with Gasteiger partial charge in [0.05, 0.1) is 28.4 Å². The molecular weight excluding hydrogens is 1250 g/mol. The first kappa shape index (κ1) is 62.9. The summed E-state index contributed by atoms with van der Waals surface area (Å²) in [5.41, 5.74) is 19.1. The molecule has 500 valence electrons. The van der Waals surface area contributed by atoms with Gasteiger partial charge in [-0.1, -0.05) is 172 Å². The number of methoxy groups -OCH3 is 4. The van der Waals surface area contributed by atoms with E-state index in [9.17, 15) is 0 Å². The van der Waals surface area contributed by atoms with Crippen LogP contribution >= 0.6 is 23.5 Å². The van der Waals surface area contributed by atoms with E-state index in [1.807, 2.05) is 0 Å². The van der Waals surface area contributed by atoms with Gasteiger partial charge in [-0.05, 0) is 234 Å². The molecule has 4 fully saturated rings. The smallest absolute Gasteiger partial charge is 0.178 e. The van der Waals surface area contributed by atoms with Gasteiger partial charge in [0.15, 0.2) is 11.2 Å². The Balaban J connectivity index is 0.723. The molecular formula is C91H88O6S2. The van der Waals surface area contributed by atoms with Crippen LogP contribution in [0.3, 0.4) is 0 Å².